The summed E-state index contributed by atoms with van der Waals surface area (Å²) in [6.45, 7) is 2.38. The molecule has 0 aliphatic carbocycles. The summed E-state index contributed by atoms with van der Waals surface area (Å²) in [6, 6.07) is 9.41. The van der Waals surface area contributed by atoms with Crippen LogP contribution in [0.25, 0.3) is 0 Å². The van der Waals surface area contributed by atoms with Crippen molar-refractivity contribution in [3.05, 3.63) is 35.9 Å². The van der Waals surface area contributed by atoms with Gasteiger partial charge in [0.15, 0.2) is 0 Å². The van der Waals surface area contributed by atoms with Crippen LogP contribution in [0.4, 0.5) is 0 Å². The standard InChI is InChI=1S/C19H25NO4/c1-3-11-23-19(22)17-15-10-9-14(20(15)2)12-16(17)24-18(21)13-7-5-4-6-8-13/h4-8,14-17H,3,9-12H2,1-2H3/t14-,15?,16+,17?/m1/s1. The number of rotatable bonds is 5. The van der Waals surface area contributed by atoms with Crippen LogP contribution in [0.1, 0.15) is 43.0 Å². The molecule has 2 unspecified atom stereocenters. The molecular formula is C19H25NO4. The van der Waals surface area contributed by atoms with E-state index in [1.807, 2.05) is 25.1 Å². The molecular weight excluding hydrogens is 306 g/mol. The number of nitrogens with zero attached hydrogens (tertiary/aromatic N) is 1. The molecule has 2 saturated heterocycles. The number of hydrogen-bond acceptors (Lipinski definition) is 5. The summed E-state index contributed by atoms with van der Waals surface area (Å²) in [7, 11) is 2.05. The van der Waals surface area contributed by atoms with Gasteiger partial charge < -0.3 is 9.47 Å². The van der Waals surface area contributed by atoms with E-state index in [0.717, 1.165) is 19.3 Å². The summed E-state index contributed by atoms with van der Waals surface area (Å²) in [5, 5.41) is 0. The van der Waals surface area contributed by atoms with Gasteiger partial charge in [-0.1, -0.05) is 25.1 Å². The lowest BCUT2D eigenvalue weighted by atomic mass is 9.87. The molecule has 2 bridgehead atoms. The van der Waals surface area contributed by atoms with Gasteiger partial charge in [0.1, 0.15) is 12.0 Å². The average Bonchev–Trinajstić information content (AvgIpc) is 2.83. The quantitative estimate of drug-likeness (QED) is 0.777. The molecule has 0 N–H and O–H groups in total. The van der Waals surface area contributed by atoms with E-state index in [2.05, 4.69) is 11.9 Å². The molecule has 0 spiro atoms. The molecule has 1 aromatic rings. The second-order valence-electron chi connectivity index (χ2n) is 6.70. The van der Waals surface area contributed by atoms with Gasteiger partial charge in [0.2, 0.25) is 0 Å². The number of ether oxygens (including phenoxy) is 2. The maximum atomic E-state index is 12.6. The van der Waals surface area contributed by atoms with E-state index in [0.29, 0.717) is 24.6 Å². The maximum absolute atomic E-state index is 12.6. The normalized spacial score (nSPS) is 29.2. The van der Waals surface area contributed by atoms with Crippen molar-refractivity contribution in [1.82, 2.24) is 4.90 Å². The molecule has 2 aliphatic rings. The fourth-order valence-corrected chi connectivity index (χ4v) is 3.93. The predicted molar refractivity (Wildman–Crippen MR) is 89.6 cm³/mol. The lowest BCUT2D eigenvalue weighted by Gasteiger charge is -2.40. The lowest BCUT2D eigenvalue weighted by Crippen LogP contribution is -2.53. The van der Waals surface area contributed by atoms with Gasteiger partial charge in [0.05, 0.1) is 12.2 Å². The molecule has 130 valence electrons. The fourth-order valence-electron chi connectivity index (χ4n) is 3.93. The first-order valence-electron chi connectivity index (χ1n) is 8.76. The fraction of sp³-hybridized carbons (Fsp3) is 0.579. The van der Waals surface area contributed by atoms with Crippen LogP contribution >= 0.6 is 0 Å². The number of hydrogen-bond donors (Lipinski definition) is 0. The van der Waals surface area contributed by atoms with Crippen LogP contribution in [-0.2, 0) is 14.3 Å². The van der Waals surface area contributed by atoms with Gasteiger partial charge >= 0.3 is 11.9 Å². The van der Waals surface area contributed by atoms with Crippen LogP contribution < -0.4 is 0 Å². The third-order valence-electron chi connectivity index (χ3n) is 5.20. The molecule has 2 heterocycles. The highest BCUT2D eigenvalue weighted by Gasteiger charge is 2.51. The highest BCUT2D eigenvalue weighted by Crippen LogP contribution is 2.40. The highest BCUT2D eigenvalue weighted by atomic mass is 16.6. The molecule has 0 radical (unpaired) electrons. The number of benzene rings is 1. The summed E-state index contributed by atoms with van der Waals surface area (Å²) >= 11 is 0. The molecule has 0 amide bonds. The number of esters is 2. The van der Waals surface area contributed by atoms with Gasteiger partial charge in [0.25, 0.3) is 0 Å². The van der Waals surface area contributed by atoms with Gasteiger partial charge in [0, 0.05) is 18.5 Å². The van der Waals surface area contributed by atoms with Crippen molar-refractivity contribution in [2.45, 2.75) is 50.8 Å². The largest absolute Gasteiger partial charge is 0.465 e. The Morgan fingerprint density at radius 1 is 1.21 bits per heavy atom. The molecule has 3 rings (SSSR count). The topological polar surface area (TPSA) is 55.8 Å². The first kappa shape index (κ1) is 17.0. The van der Waals surface area contributed by atoms with Crippen LogP contribution in [-0.4, -0.2) is 48.7 Å². The summed E-state index contributed by atoms with van der Waals surface area (Å²) in [6.07, 6.45) is 3.06. The maximum Gasteiger partial charge on any atom is 0.338 e. The molecule has 5 heteroatoms. The molecule has 0 aromatic heterocycles. The van der Waals surface area contributed by atoms with Crippen molar-refractivity contribution in [2.24, 2.45) is 5.92 Å². The van der Waals surface area contributed by atoms with E-state index in [4.69, 9.17) is 9.47 Å². The molecule has 2 fully saturated rings. The molecule has 0 saturated carbocycles. The first-order chi connectivity index (χ1) is 11.6. The summed E-state index contributed by atoms with van der Waals surface area (Å²) in [4.78, 5) is 27.3. The van der Waals surface area contributed by atoms with Crippen LogP contribution in [0.5, 0.6) is 0 Å². The van der Waals surface area contributed by atoms with E-state index in [1.54, 1.807) is 12.1 Å². The summed E-state index contributed by atoms with van der Waals surface area (Å²) < 4.78 is 11.1. The van der Waals surface area contributed by atoms with Gasteiger partial charge in [-0.05, 0) is 38.4 Å². The number of carbonyl (C=O) groups excluding carboxylic acids is 2. The molecule has 2 aliphatic heterocycles. The van der Waals surface area contributed by atoms with Crippen molar-refractivity contribution in [3.8, 4) is 0 Å². The Kier molecular flexibility index (Phi) is 5.19. The minimum Gasteiger partial charge on any atom is -0.465 e. The Bertz CT molecular complexity index is 588. The molecule has 24 heavy (non-hydrogen) atoms. The van der Waals surface area contributed by atoms with Crippen molar-refractivity contribution in [2.75, 3.05) is 13.7 Å². The summed E-state index contributed by atoms with van der Waals surface area (Å²) in [5.41, 5.74) is 0.518. The summed E-state index contributed by atoms with van der Waals surface area (Å²) in [5.74, 6) is -0.995. The Morgan fingerprint density at radius 3 is 2.67 bits per heavy atom. The van der Waals surface area contributed by atoms with E-state index >= 15 is 0 Å². The van der Waals surface area contributed by atoms with Gasteiger partial charge in [-0.3, -0.25) is 9.69 Å². The SMILES string of the molecule is CCCOC(=O)C1C2CC[C@H](C[C@@H]1OC(=O)c1ccccc1)N2C. The monoisotopic (exact) mass is 331 g/mol. The van der Waals surface area contributed by atoms with Crippen molar-refractivity contribution < 1.29 is 19.1 Å². The van der Waals surface area contributed by atoms with Crippen molar-refractivity contribution in [3.63, 3.8) is 0 Å². The van der Waals surface area contributed by atoms with Crippen molar-refractivity contribution in [1.29, 1.82) is 0 Å². The van der Waals surface area contributed by atoms with Crippen LogP contribution in [0.3, 0.4) is 0 Å². The highest BCUT2D eigenvalue weighted by molar-refractivity contribution is 5.89. The van der Waals surface area contributed by atoms with Gasteiger partial charge in [-0.25, -0.2) is 4.79 Å². The van der Waals surface area contributed by atoms with Crippen molar-refractivity contribution >= 4 is 11.9 Å². The Labute approximate surface area is 142 Å². The molecule has 5 nitrogen and oxygen atoms in total. The van der Waals surface area contributed by atoms with E-state index in [-0.39, 0.29) is 18.0 Å². The van der Waals surface area contributed by atoms with Gasteiger partial charge in [-0.2, -0.15) is 0 Å². The van der Waals surface area contributed by atoms with Crippen LogP contribution in [0, 0.1) is 5.92 Å². The van der Waals surface area contributed by atoms with Crippen LogP contribution in [0.2, 0.25) is 0 Å². The van der Waals surface area contributed by atoms with Gasteiger partial charge in [-0.15, -0.1) is 0 Å². The lowest BCUT2D eigenvalue weighted by molar-refractivity contribution is -0.159. The average molecular weight is 331 g/mol. The van der Waals surface area contributed by atoms with Crippen LogP contribution in [0.15, 0.2) is 30.3 Å². The number of carbonyl (C=O) groups is 2. The second kappa shape index (κ2) is 7.34. The second-order valence-corrected chi connectivity index (χ2v) is 6.70. The smallest absolute Gasteiger partial charge is 0.338 e. The predicted octanol–water partition coefficient (Wildman–Crippen LogP) is 2.65. The number of piperidine rings is 1. The third kappa shape index (κ3) is 3.31. The number of fused-ring (bicyclic) bond motifs is 2. The molecule has 4 atom stereocenters. The minimum atomic E-state index is -0.407. The zero-order chi connectivity index (χ0) is 17.1. The Hall–Kier alpha value is -1.88. The third-order valence-corrected chi connectivity index (χ3v) is 5.20. The minimum absolute atomic E-state index is 0.0988. The molecule has 1 aromatic carbocycles. The Morgan fingerprint density at radius 2 is 1.96 bits per heavy atom. The first-order valence-corrected chi connectivity index (χ1v) is 8.76. The zero-order valence-corrected chi connectivity index (χ0v) is 14.3. The van der Waals surface area contributed by atoms with E-state index in [9.17, 15) is 9.59 Å². The van der Waals surface area contributed by atoms with E-state index < -0.39 is 12.0 Å². The zero-order valence-electron chi connectivity index (χ0n) is 14.3. The Balaban J connectivity index is 1.76. The van der Waals surface area contributed by atoms with E-state index in [1.165, 1.54) is 0 Å².